The molecular weight excluding hydrogens is 273 g/mol. The van der Waals surface area contributed by atoms with Crippen molar-refractivity contribution >= 4 is 17.4 Å². The van der Waals surface area contributed by atoms with Gasteiger partial charge < -0.3 is 16.3 Å². The average molecular weight is 291 g/mol. The highest BCUT2D eigenvalue weighted by Gasteiger charge is 2.43. The maximum Gasteiger partial charge on any atom is 0.227 e. The molecule has 0 radical (unpaired) electrons. The maximum absolute atomic E-state index is 13.8. The molecule has 0 spiro atoms. The Bertz CT molecular complexity index is 603. The second-order valence-electron chi connectivity index (χ2n) is 5.92. The van der Waals surface area contributed by atoms with E-state index in [0.29, 0.717) is 11.8 Å². The summed E-state index contributed by atoms with van der Waals surface area (Å²) in [5.74, 6) is 0.0111. The van der Waals surface area contributed by atoms with Gasteiger partial charge in [0.1, 0.15) is 5.82 Å². The number of carbonyl (C=O) groups excluding carboxylic acids is 1. The van der Waals surface area contributed by atoms with E-state index in [0.717, 1.165) is 19.3 Å². The first kappa shape index (κ1) is 13.9. The van der Waals surface area contributed by atoms with Crippen LogP contribution in [0, 0.1) is 23.6 Å². The number of hydrogen-bond acceptors (Lipinski definition) is 3. The fourth-order valence-electron chi connectivity index (χ4n) is 3.73. The molecule has 21 heavy (non-hydrogen) atoms. The van der Waals surface area contributed by atoms with E-state index in [1.54, 1.807) is 6.07 Å². The number of nitrogens with two attached hydrogens (primary N) is 1. The predicted octanol–water partition coefficient (Wildman–Crippen LogP) is 2.29. The van der Waals surface area contributed by atoms with E-state index in [-0.39, 0.29) is 28.9 Å². The Hall–Kier alpha value is -2.11. The number of nitrogens with zero attached hydrogens (tertiary/aromatic N) is 1. The number of rotatable bonds is 3. The van der Waals surface area contributed by atoms with Gasteiger partial charge in [0.2, 0.25) is 5.91 Å². The summed E-state index contributed by atoms with van der Waals surface area (Å²) in [6, 6.07) is 4.25. The van der Waals surface area contributed by atoms with Crippen LogP contribution < -0.4 is 11.1 Å². The molecule has 1 aromatic carbocycles. The monoisotopic (exact) mass is 291 g/mol. The molecule has 2 aliphatic carbocycles. The fraction of sp³-hybridized carbons (Fsp3) is 0.467. The fourth-order valence-corrected chi connectivity index (χ4v) is 3.73. The molecule has 0 heterocycles. The van der Waals surface area contributed by atoms with E-state index in [1.165, 1.54) is 18.6 Å². The van der Waals surface area contributed by atoms with Crippen LogP contribution in [0.2, 0.25) is 0 Å². The van der Waals surface area contributed by atoms with Gasteiger partial charge in [-0.1, -0.05) is 17.6 Å². The van der Waals surface area contributed by atoms with Crippen LogP contribution in [0.15, 0.2) is 23.4 Å². The summed E-state index contributed by atoms with van der Waals surface area (Å²) in [6.45, 7) is 0. The molecule has 1 amide bonds. The number of hydrogen-bond donors (Lipinski definition) is 3. The molecule has 1 aromatic rings. The van der Waals surface area contributed by atoms with Crippen LogP contribution in [0.3, 0.4) is 0 Å². The molecule has 2 aliphatic rings. The average Bonchev–Trinajstić information content (AvgIpc) is 3.09. The SMILES string of the molecule is N/C(=N/O)c1c(F)cccc1NC(=O)C1CC2CCC1C2. The van der Waals surface area contributed by atoms with Crippen molar-refractivity contribution in [2.45, 2.75) is 25.7 Å². The highest BCUT2D eigenvalue weighted by Crippen LogP contribution is 2.48. The summed E-state index contributed by atoms with van der Waals surface area (Å²) in [7, 11) is 0. The van der Waals surface area contributed by atoms with Crippen LogP contribution in [0.4, 0.5) is 10.1 Å². The van der Waals surface area contributed by atoms with Crippen molar-refractivity contribution in [3.63, 3.8) is 0 Å². The van der Waals surface area contributed by atoms with Crippen molar-refractivity contribution in [1.29, 1.82) is 0 Å². The lowest BCUT2D eigenvalue weighted by Gasteiger charge is -2.21. The number of benzene rings is 1. The Labute approximate surface area is 122 Å². The minimum absolute atomic E-state index is 0.00726. The summed E-state index contributed by atoms with van der Waals surface area (Å²) < 4.78 is 13.8. The normalized spacial score (nSPS) is 27.9. The van der Waals surface area contributed by atoms with Gasteiger partial charge in [-0.2, -0.15) is 0 Å². The first-order valence-corrected chi connectivity index (χ1v) is 7.17. The van der Waals surface area contributed by atoms with Gasteiger partial charge in [-0.25, -0.2) is 4.39 Å². The number of amidine groups is 1. The van der Waals surface area contributed by atoms with Gasteiger partial charge in [0.15, 0.2) is 5.84 Å². The summed E-state index contributed by atoms with van der Waals surface area (Å²) in [5, 5.41) is 14.3. The standard InChI is InChI=1S/C15H18FN3O2/c16-11-2-1-3-12(13(11)14(17)19-21)18-15(20)10-7-8-4-5-9(10)6-8/h1-3,8-10,21H,4-7H2,(H2,17,19)(H,18,20). The third-order valence-electron chi connectivity index (χ3n) is 4.71. The molecule has 2 fully saturated rings. The van der Waals surface area contributed by atoms with E-state index >= 15 is 0 Å². The minimum Gasteiger partial charge on any atom is -0.409 e. The maximum atomic E-state index is 13.8. The summed E-state index contributed by atoms with van der Waals surface area (Å²) in [4.78, 5) is 12.4. The zero-order chi connectivity index (χ0) is 15.0. The Balaban J connectivity index is 1.82. The predicted molar refractivity (Wildman–Crippen MR) is 76.5 cm³/mol. The van der Waals surface area contributed by atoms with E-state index < -0.39 is 5.82 Å². The zero-order valence-corrected chi connectivity index (χ0v) is 11.6. The molecule has 0 saturated heterocycles. The summed E-state index contributed by atoms with van der Waals surface area (Å²) in [6.07, 6.45) is 4.34. The first-order chi connectivity index (χ1) is 10.1. The topological polar surface area (TPSA) is 87.7 Å². The number of anilines is 1. The van der Waals surface area contributed by atoms with Crippen molar-refractivity contribution in [2.24, 2.45) is 28.6 Å². The van der Waals surface area contributed by atoms with Crippen LogP contribution in [0.1, 0.15) is 31.2 Å². The number of oxime groups is 1. The van der Waals surface area contributed by atoms with Crippen LogP contribution in [0.5, 0.6) is 0 Å². The van der Waals surface area contributed by atoms with Crippen LogP contribution in [-0.4, -0.2) is 17.0 Å². The van der Waals surface area contributed by atoms with Gasteiger partial charge >= 0.3 is 0 Å². The van der Waals surface area contributed by atoms with Gasteiger partial charge in [0.05, 0.1) is 11.3 Å². The summed E-state index contributed by atoms with van der Waals surface area (Å²) in [5.41, 5.74) is 5.67. The summed E-state index contributed by atoms with van der Waals surface area (Å²) >= 11 is 0. The van der Waals surface area contributed by atoms with Crippen molar-refractivity contribution in [1.82, 2.24) is 0 Å². The lowest BCUT2D eigenvalue weighted by molar-refractivity contribution is -0.121. The smallest absolute Gasteiger partial charge is 0.227 e. The Kier molecular flexibility index (Phi) is 3.53. The van der Waals surface area contributed by atoms with E-state index in [4.69, 9.17) is 10.9 Å². The number of fused-ring (bicyclic) bond motifs is 2. The van der Waals surface area contributed by atoms with Crippen LogP contribution in [-0.2, 0) is 4.79 Å². The number of halogens is 1. The van der Waals surface area contributed by atoms with E-state index in [2.05, 4.69) is 10.5 Å². The Morgan fingerprint density at radius 2 is 2.19 bits per heavy atom. The molecule has 2 bridgehead atoms. The molecule has 3 unspecified atom stereocenters. The quantitative estimate of drug-likeness (QED) is 0.345. The molecule has 3 atom stereocenters. The number of carbonyl (C=O) groups is 1. The largest absolute Gasteiger partial charge is 0.409 e. The van der Waals surface area contributed by atoms with Crippen LogP contribution >= 0.6 is 0 Å². The number of amides is 1. The molecule has 3 rings (SSSR count). The van der Waals surface area contributed by atoms with Crippen molar-refractivity contribution < 1.29 is 14.4 Å². The van der Waals surface area contributed by atoms with Crippen LogP contribution in [0.25, 0.3) is 0 Å². The molecule has 0 aromatic heterocycles. The van der Waals surface area contributed by atoms with Gasteiger partial charge in [-0.15, -0.1) is 0 Å². The second kappa shape index (κ2) is 5.35. The third kappa shape index (κ3) is 2.46. The Morgan fingerprint density at radius 1 is 1.38 bits per heavy atom. The highest BCUT2D eigenvalue weighted by molar-refractivity contribution is 6.06. The van der Waals surface area contributed by atoms with Gasteiger partial charge in [-0.3, -0.25) is 4.79 Å². The lowest BCUT2D eigenvalue weighted by atomic mass is 9.88. The minimum atomic E-state index is -0.629. The van der Waals surface area contributed by atoms with Crippen molar-refractivity contribution in [3.8, 4) is 0 Å². The third-order valence-corrected chi connectivity index (χ3v) is 4.71. The lowest BCUT2D eigenvalue weighted by Crippen LogP contribution is -2.28. The molecule has 112 valence electrons. The molecule has 0 aliphatic heterocycles. The molecule has 4 N–H and O–H groups in total. The first-order valence-electron chi connectivity index (χ1n) is 7.17. The van der Waals surface area contributed by atoms with Crippen molar-refractivity contribution in [3.05, 3.63) is 29.6 Å². The van der Waals surface area contributed by atoms with Crippen molar-refractivity contribution in [2.75, 3.05) is 5.32 Å². The molecule has 5 nitrogen and oxygen atoms in total. The Morgan fingerprint density at radius 3 is 2.81 bits per heavy atom. The van der Waals surface area contributed by atoms with E-state index in [9.17, 15) is 9.18 Å². The molecular formula is C15H18FN3O2. The molecule has 6 heteroatoms. The van der Waals surface area contributed by atoms with E-state index in [1.807, 2.05) is 0 Å². The zero-order valence-electron chi connectivity index (χ0n) is 11.6. The molecule has 2 saturated carbocycles. The van der Waals surface area contributed by atoms with Gasteiger partial charge in [0.25, 0.3) is 0 Å². The van der Waals surface area contributed by atoms with Gasteiger partial charge in [-0.05, 0) is 43.2 Å². The number of nitrogens with one attached hydrogen (secondary N) is 1. The van der Waals surface area contributed by atoms with Gasteiger partial charge in [0, 0.05) is 5.92 Å². The second-order valence-corrected chi connectivity index (χ2v) is 5.92. The highest BCUT2D eigenvalue weighted by atomic mass is 19.1.